The third-order valence-corrected chi connectivity index (χ3v) is 1.74. The van der Waals surface area contributed by atoms with Crippen LogP contribution in [-0.2, 0) is 4.79 Å². The Hall–Kier alpha value is -1.10. The van der Waals surface area contributed by atoms with E-state index in [1.807, 2.05) is 0 Å². The van der Waals surface area contributed by atoms with E-state index in [9.17, 15) is 18.0 Å². The van der Waals surface area contributed by atoms with Crippen molar-refractivity contribution in [1.29, 1.82) is 0 Å². The van der Waals surface area contributed by atoms with Crippen LogP contribution in [-0.4, -0.2) is 23.2 Å². The summed E-state index contributed by atoms with van der Waals surface area (Å²) in [4.78, 5) is 10.9. The molecule has 5 heteroatoms. The van der Waals surface area contributed by atoms with E-state index in [2.05, 4.69) is 6.58 Å². The Morgan fingerprint density at radius 2 is 2.00 bits per heavy atom. The van der Waals surface area contributed by atoms with Crippen LogP contribution in [0.1, 0.15) is 19.8 Å². The monoisotopic (exact) mass is 222 g/mol. The molecular formula is C10H13F3O2. The fraction of sp³-hybridized carbons (Fsp3) is 0.500. The van der Waals surface area contributed by atoms with Crippen LogP contribution in [0.15, 0.2) is 24.3 Å². The van der Waals surface area contributed by atoms with Crippen molar-refractivity contribution in [2.45, 2.75) is 32.0 Å². The molecule has 0 aliphatic carbocycles. The summed E-state index contributed by atoms with van der Waals surface area (Å²) in [5.74, 6) is -0.638. The lowest BCUT2D eigenvalue weighted by atomic mass is 10.1. The zero-order valence-corrected chi connectivity index (χ0v) is 8.34. The number of carbonyl (C=O) groups excluding carboxylic acids is 1. The van der Waals surface area contributed by atoms with Crippen molar-refractivity contribution in [2.24, 2.45) is 0 Å². The third-order valence-electron chi connectivity index (χ3n) is 1.74. The van der Waals surface area contributed by atoms with E-state index in [0.717, 1.165) is 12.2 Å². The molecule has 0 aromatic rings. The summed E-state index contributed by atoms with van der Waals surface area (Å²) < 4.78 is 36.8. The van der Waals surface area contributed by atoms with E-state index in [1.54, 1.807) is 0 Å². The molecule has 0 rings (SSSR count). The van der Waals surface area contributed by atoms with Gasteiger partial charge in [0.1, 0.15) is 6.10 Å². The summed E-state index contributed by atoms with van der Waals surface area (Å²) in [6.07, 6.45) is -4.54. The van der Waals surface area contributed by atoms with Crippen LogP contribution < -0.4 is 0 Å². The smallest absolute Gasteiger partial charge is 0.386 e. The average molecular weight is 222 g/mol. The topological polar surface area (TPSA) is 37.3 Å². The van der Waals surface area contributed by atoms with Gasteiger partial charge in [-0.25, -0.2) is 0 Å². The van der Waals surface area contributed by atoms with E-state index in [1.165, 1.54) is 6.92 Å². The molecule has 1 atom stereocenters. The Labute approximate surface area is 86.1 Å². The lowest BCUT2D eigenvalue weighted by molar-refractivity contribution is -0.125. The van der Waals surface area contributed by atoms with Gasteiger partial charge in [-0.05, 0) is 13.3 Å². The van der Waals surface area contributed by atoms with Crippen LogP contribution in [0.4, 0.5) is 13.2 Å². The zero-order valence-electron chi connectivity index (χ0n) is 8.34. The van der Waals surface area contributed by atoms with Crippen LogP contribution in [0.3, 0.4) is 0 Å². The van der Waals surface area contributed by atoms with Crippen molar-refractivity contribution in [2.75, 3.05) is 0 Å². The van der Waals surface area contributed by atoms with E-state index >= 15 is 0 Å². The number of aliphatic hydroxyl groups excluding tert-OH is 1. The number of hydrogen-bond acceptors (Lipinski definition) is 2. The fourth-order valence-electron chi connectivity index (χ4n) is 0.865. The van der Waals surface area contributed by atoms with Gasteiger partial charge in [0.05, 0.1) is 0 Å². The van der Waals surface area contributed by atoms with Gasteiger partial charge in [-0.2, -0.15) is 13.2 Å². The van der Waals surface area contributed by atoms with E-state index in [-0.39, 0.29) is 6.42 Å². The maximum absolute atomic E-state index is 12.3. The van der Waals surface area contributed by atoms with Crippen LogP contribution in [0.5, 0.6) is 0 Å². The lowest BCUT2D eigenvalue weighted by Crippen LogP contribution is -2.16. The number of ketones is 1. The molecule has 0 aromatic carbocycles. The maximum atomic E-state index is 12.3. The first-order chi connectivity index (χ1) is 6.79. The van der Waals surface area contributed by atoms with Gasteiger partial charge in [0.25, 0.3) is 0 Å². The second kappa shape index (κ2) is 5.70. The molecule has 0 aliphatic rings. The number of carbonyl (C=O) groups is 1. The maximum Gasteiger partial charge on any atom is 0.412 e. The molecule has 0 bridgehead atoms. The Morgan fingerprint density at radius 1 is 1.47 bits per heavy atom. The Bertz CT molecular complexity index is 264. The molecular weight excluding hydrogens is 209 g/mol. The standard InChI is InChI=1S/C10H13F3O2/c1-3-4-8(10(11,12)13)5-6-9(15)7(2)14/h3,5,7,14H,1,4,6H2,2H3. The van der Waals surface area contributed by atoms with Crippen LogP contribution >= 0.6 is 0 Å². The lowest BCUT2D eigenvalue weighted by Gasteiger charge is -2.09. The highest BCUT2D eigenvalue weighted by atomic mass is 19.4. The largest absolute Gasteiger partial charge is 0.412 e. The van der Waals surface area contributed by atoms with Gasteiger partial charge in [0.15, 0.2) is 5.78 Å². The van der Waals surface area contributed by atoms with Gasteiger partial charge < -0.3 is 5.11 Å². The summed E-state index contributed by atoms with van der Waals surface area (Å²) in [6, 6.07) is 0. The van der Waals surface area contributed by atoms with Gasteiger partial charge >= 0.3 is 6.18 Å². The SMILES string of the molecule is C=CCC(=CCC(=O)C(C)O)C(F)(F)F. The molecule has 0 saturated heterocycles. The third kappa shape index (κ3) is 5.37. The summed E-state index contributed by atoms with van der Waals surface area (Å²) in [5, 5.41) is 8.79. The summed E-state index contributed by atoms with van der Waals surface area (Å²) in [6.45, 7) is 4.42. The fourth-order valence-corrected chi connectivity index (χ4v) is 0.865. The molecule has 1 unspecified atom stereocenters. The number of Topliss-reactive ketones (excluding diaryl/α,β-unsaturated/α-hetero) is 1. The van der Waals surface area contributed by atoms with Crippen LogP contribution in [0, 0.1) is 0 Å². The number of hydrogen-bond donors (Lipinski definition) is 1. The molecule has 15 heavy (non-hydrogen) atoms. The number of halogens is 3. The summed E-state index contributed by atoms with van der Waals surface area (Å²) in [7, 11) is 0. The predicted molar refractivity (Wildman–Crippen MR) is 50.3 cm³/mol. The molecule has 0 saturated carbocycles. The molecule has 86 valence electrons. The van der Waals surface area contributed by atoms with Crippen molar-refractivity contribution in [3.63, 3.8) is 0 Å². The minimum Gasteiger partial charge on any atom is -0.386 e. The van der Waals surface area contributed by atoms with Gasteiger partial charge in [-0.3, -0.25) is 4.79 Å². The van der Waals surface area contributed by atoms with E-state index in [0.29, 0.717) is 0 Å². The number of allylic oxidation sites excluding steroid dienone is 3. The van der Waals surface area contributed by atoms with E-state index < -0.39 is 30.1 Å². The van der Waals surface area contributed by atoms with Crippen LogP contribution in [0.2, 0.25) is 0 Å². The second-order valence-corrected chi connectivity index (χ2v) is 3.07. The van der Waals surface area contributed by atoms with Gasteiger partial charge in [-0.15, -0.1) is 6.58 Å². The average Bonchev–Trinajstić information content (AvgIpc) is 2.09. The number of aliphatic hydroxyl groups is 1. The Morgan fingerprint density at radius 3 is 2.33 bits per heavy atom. The molecule has 0 heterocycles. The number of rotatable bonds is 5. The molecule has 0 fully saturated rings. The first kappa shape index (κ1) is 13.9. The van der Waals surface area contributed by atoms with Crippen LogP contribution in [0.25, 0.3) is 0 Å². The van der Waals surface area contributed by atoms with Crippen molar-refractivity contribution in [3.8, 4) is 0 Å². The van der Waals surface area contributed by atoms with Crippen molar-refractivity contribution < 1.29 is 23.1 Å². The summed E-state index contributed by atoms with van der Waals surface area (Å²) in [5.41, 5.74) is -0.813. The Kier molecular flexibility index (Phi) is 5.28. The first-order valence-electron chi connectivity index (χ1n) is 4.37. The minimum absolute atomic E-state index is 0.337. The Balaban J connectivity index is 4.57. The van der Waals surface area contributed by atoms with Gasteiger partial charge in [0, 0.05) is 12.0 Å². The highest BCUT2D eigenvalue weighted by molar-refractivity contribution is 5.83. The van der Waals surface area contributed by atoms with E-state index in [4.69, 9.17) is 5.11 Å². The predicted octanol–water partition coefficient (Wildman–Crippen LogP) is 2.39. The summed E-state index contributed by atoms with van der Waals surface area (Å²) >= 11 is 0. The second-order valence-electron chi connectivity index (χ2n) is 3.07. The van der Waals surface area contributed by atoms with Crippen molar-refractivity contribution >= 4 is 5.78 Å². The van der Waals surface area contributed by atoms with Crippen molar-refractivity contribution in [3.05, 3.63) is 24.3 Å². The molecule has 1 N–H and O–H groups in total. The van der Waals surface area contributed by atoms with Crippen molar-refractivity contribution in [1.82, 2.24) is 0 Å². The van der Waals surface area contributed by atoms with Gasteiger partial charge in [0.2, 0.25) is 0 Å². The normalized spacial score (nSPS) is 14.9. The quantitative estimate of drug-likeness (QED) is 0.725. The molecule has 0 amide bonds. The van der Waals surface area contributed by atoms with Gasteiger partial charge in [-0.1, -0.05) is 12.2 Å². The molecule has 2 nitrogen and oxygen atoms in total. The highest BCUT2D eigenvalue weighted by Crippen LogP contribution is 2.28. The first-order valence-corrected chi connectivity index (χ1v) is 4.37. The molecule has 0 aromatic heterocycles. The number of alkyl halides is 3. The highest BCUT2D eigenvalue weighted by Gasteiger charge is 2.32. The molecule has 0 radical (unpaired) electrons. The minimum atomic E-state index is -4.45. The molecule has 0 spiro atoms. The molecule has 0 aliphatic heterocycles. The zero-order chi connectivity index (χ0) is 12.1.